The van der Waals surface area contributed by atoms with Gasteiger partial charge in [0, 0.05) is 18.4 Å². The van der Waals surface area contributed by atoms with Crippen LogP contribution in [0.2, 0.25) is 0 Å². The summed E-state index contributed by atoms with van der Waals surface area (Å²) in [5.74, 6) is 2.22. The molecule has 1 aromatic carbocycles. The summed E-state index contributed by atoms with van der Waals surface area (Å²) < 4.78 is 5.72. The maximum Gasteiger partial charge on any atom is 0.224 e. The van der Waals surface area contributed by atoms with Gasteiger partial charge in [-0.1, -0.05) is 25.3 Å². The molecule has 1 fully saturated rings. The predicted octanol–water partition coefficient (Wildman–Crippen LogP) is 4.91. The molecular formula is C20H27N3O2. The second-order valence-corrected chi connectivity index (χ2v) is 6.63. The van der Waals surface area contributed by atoms with Gasteiger partial charge in [0.05, 0.1) is 23.3 Å². The molecule has 1 heterocycles. The van der Waals surface area contributed by atoms with Crippen molar-refractivity contribution >= 4 is 22.6 Å². The van der Waals surface area contributed by atoms with Crippen LogP contribution < -0.4 is 10.1 Å². The summed E-state index contributed by atoms with van der Waals surface area (Å²) in [6.45, 7) is 6.14. The van der Waals surface area contributed by atoms with Gasteiger partial charge in [0.1, 0.15) is 11.6 Å². The highest BCUT2D eigenvalue weighted by atomic mass is 16.5. The number of aromatic nitrogens is 2. The quantitative estimate of drug-likeness (QED) is 0.703. The lowest BCUT2D eigenvalue weighted by atomic mass is 9.89. The van der Waals surface area contributed by atoms with E-state index in [9.17, 15) is 4.79 Å². The van der Waals surface area contributed by atoms with Gasteiger partial charge in [-0.3, -0.25) is 4.79 Å². The minimum Gasteiger partial charge on any atom is -0.492 e. The van der Waals surface area contributed by atoms with E-state index in [1.165, 1.54) is 32.1 Å². The molecule has 1 aromatic heterocycles. The molecule has 3 rings (SSSR count). The van der Waals surface area contributed by atoms with E-state index in [2.05, 4.69) is 16.9 Å². The van der Waals surface area contributed by atoms with E-state index in [0.29, 0.717) is 36.8 Å². The Morgan fingerprint density at radius 1 is 1.40 bits per heavy atom. The van der Waals surface area contributed by atoms with E-state index < -0.39 is 0 Å². The smallest absolute Gasteiger partial charge is 0.224 e. The number of rotatable bonds is 7. The van der Waals surface area contributed by atoms with Crippen LogP contribution in [0.3, 0.4) is 0 Å². The monoisotopic (exact) mass is 341 g/mol. The van der Waals surface area contributed by atoms with E-state index >= 15 is 0 Å². The predicted molar refractivity (Wildman–Crippen MR) is 101 cm³/mol. The minimum atomic E-state index is -0.0387. The lowest BCUT2D eigenvalue weighted by molar-refractivity contribution is -0.116. The molecule has 0 aliphatic heterocycles. The Hall–Kier alpha value is -2.30. The van der Waals surface area contributed by atoms with Crippen LogP contribution in [0, 0.1) is 0 Å². The van der Waals surface area contributed by atoms with E-state index in [1.807, 2.05) is 19.1 Å². The average Bonchev–Trinajstić information content (AvgIpc) is 3.04. The summed E-state index contributed by atoms with van der Waals surface area (Å²) in [6.07, 6.45) is 9.09. The lowest BCUT2D eigenvalue weighted by Gasteiger charge is -2.18. The van der Waals surface area contributed by atoms with E-state index in [-0.39, 0.29) is 5.91 Å². The van der Waals surface area contributed by atoms with E-state index in [4.69, 9.17) is 9.72 Å². The lowest BCUT2D eigenvalue weighted by Crippen LogP contribution is -2.12. The normalized spacial score (nSPS) is 15.2. The van der Waals surface area contributed by atoms with Crippen LogP contribution in [0.1, 0.15) is 63.6 Å². The first-order chi connectivity index (χ1) is 12.2. The molecule has 5 nitrogen and oxygen atoms in total. The van der Waals surface area contributed by atoms with Crippen LogP contribution in [0.5, 0.6) is 5.75 Å². The molecule has 0 saturated heterocycles. The zero-order chi connectivity index (χ0) is 17.6. The largest absolute Gasteiger partial charge is 0.492 e. The maximum atomic E-state index is 12.1. The molecule has 0 unspecified atom stereocenters. The van der Waals surface area contributed by atoms with Gasteiger partial charge in [-0.15, -0.1) is 6.58 Å². The topological polar surface area (TPSA) is 67.0 Å². The number of allylic oxidation sites excluding steroid dienone is 1. The summed E-state index contributed by atoms with van der Waals surface area (Å²) >= 11 is 0. The van der Waals surface area contributed by atoms with Gasteiger partial charge in [0.25, 0.3) is 0 Å². The van der Waals surface area contributed by atoms with Gasteiger partial charge in [-0.25, -0.2) is 4.98 Å². The Morgan fingerprint density at radius 3 is 2.92 bits per heavy atom. The summed E-state index contributed by atoms with van der Waals surface area (Å²) in [7, 11) is 0. The van der Waals surface area contributed by atoms with Crippen molar-refractivity contribution in [3.63, 3.8) is 0 Å². The SMILES string of the molecule is C=CCCC(=O)Nc1cc2nc(C3CCCCC3)[nH]c2cc1OCC. The number of fused-ring (bicyclic) bond motifs is 1. The third-order valence-corrected chi connectivity index (χ3v) is 4.74. The first-order valence-corrected chi connectivity index (χ1v) is 9.28. The fourth-order valence-electron chi connectivity index (χ4n) is 3.44. The van der Waals surface area contributed by atoms with Crippen LogP contribution in [0.25, 0.3) is 11.0 Å². The average molecular weight is 341 g/mol. The number of imidazole rings is 1. The van der Waals surface area contributed by atoms with Crippen molar-refractivity contribution in [3.05, 3.63) is 30.6 Å². The number of hydrogen-bond donors (Lipinski definition) is 2. The summed E-state index contributed by atoms with van der Waals surface area (Å²) in [4.78, 5) is 20.3. The standard InChI is InChI=1S/C20H27N3O2/c1-3-5-11-19(24)21-17-12-15-16(13-18(17)25-4-2)23-20(22-15)14-9-7-6-8-10-14/h3,12-14H,1,4-11H2,2H3,(H,21,24)(H,22,23). The molecule has 1 amide bonds. The summed E-state index contributed by atoms with van der Waals surface area (Å²) in [5, 5.41) is 2.95. The van der Waals surface area contributed by atoms with Crippen molar-refractivity contribution in [1.29, 1.82) is 0 Å². The summed E-state index contributed by atoms with van der Waals surface area (Å²) in [6, 6.07) is 3.86. The Labute approximate surface area is 148 Å². The van der Waals surface area contributed by atoms with Crippen LogP contribution in [0.4, 0.5) is 5.69 Å². The van der Waals surface area contributed by atoms with E-state index in [0.717, 1.165) is 16.9 Å². The minimum absolute atomic E-state index is 0.0387. The van der Waals surface area contributed by atoms with Crippen molar-refractivity contribution in [2.45, 2.75) is 57.8 Å². The third kappa shape index (κ3) is 4.21. The second-order valence-electron chi connectivity index (χ2n) is 6.63. The number of ether oxygens (including phenoxy) is 1. The number of hydrogen-bond acceptors (Lipinski definition) is 3. The van der Waals surface area contributed by atoms with Gasteiger partial charge in [0.15, 0.2) is 0 Å². The number of anilines is 1. The number of benzene rings is 1. The molecule has 1 aliphatic rings. The van der Waals surface area contributed by atoms with Gasteiger partial charge < -0.3 is 15.0 Å². The highest BCUT2D eigenvalue weighted by Crippen LogP contribution is 2.35. The molecule has 0 bridgehead atoms. The van der Waals surface area contributed by atoms with Gasteiger partial charge in [-0.05, 0) is 32.3 Å². The molecule has 5 heteroatoms. The third-order valence-electron chi connectivity index (χ3n) is 4.74. The fraction of sp³-hybridized carbons (Fsp3) is 0.500. The van der Waals surface area contributed by atoms with Crippen molar-refractivity contribution in [2.24, 2.45) is 0 Å². The van der Waals surface area contributed by atoms with Crippen molar-refractivity contribution in [3.8, 4) is 5.75 Å². The van der Waals surface area contributed by atoms with Gasteiger partial charge in [-0.2, -0.15) is 0 Å². The summed E-state index contributed by atoms with van der Waals surface area (Å²) in [5.41, 5.74) is 2.53. The first-order valence-electron chi connectivity index (χ1n) is 9.28. The van der Waals surface area contributed by atoms with Crippen LogP contribution in [-0.2, 0) is 4.79 Å². The van der Waals surface area contributed by atoms with Gasteiger partial charge >= 0.3 is 0 Å². The number of nitrogens with one attached hydrogen (secondary N) is 2. The molecule has 0 radical (unpaired) electrons. The molecule has 2 N–H and O–H groups in total. The highest BCUT2D eigenvalue weighted by Gasteiger charge is 2.20. The second kappa shape index (κ2) is 8.19. The highest BCUT2D eigenvalue weighted by molar-refractivity contribution is 5.95. The van der Waals surface area contributed by atoms with Crippen LogP contribution in [0.15, 0.2) is 24.8 Å². The molecule has 1 aliphatic carbocycles. The molecule has 0 spiro atoms. The Balaban J connectivity index is 1.87. The van der Waals surface area contributed by atoms with E-state index in [1.54, 1.807) is 6.08 Å². The molecule has 134 valence electrons. The van der Waals surface area contributed by atoms with Crippen molar-refractivity contribution < 1.29 is 9.53 Å². The number of aromatic amines is 1. The van der Waals surface area contributed by atoms with Crippen LogP contribution in [-0.4, -0.2) is 22.5 Å². The molecule has 1 saturated carbocycles. The molecule has 25 heavy (non-hydrogen) atoms. The van der Waals surface area contributed by atoms with Gasteiger partial charge in [0.2, 0.25) is 5.91 Å². The van der Waals surface area contributed by atoms with Crippen molar-refractivity contribution in [2.75, 3.05) is 11.9 Å². The van der Waals surface area contributed by atoms with Crippen molar-refractivity contribution in [1.82, 2.24) is 9.97 Å². The number of nitrogens with zero attached hydrogens (tertiary/aromatic N) is 1. The molecular weight excluding hydrogens is 314 g/mol. The molecule has 0 atom stereocenters. The Bertz CT molecular complexity index is 745. The number of carbonyl (C=O) groups excluding carboxylic acids is 1. The maximum absolute atomic E-state index is 12.1. The number of amides is 1. The Morgan fingerprint density at radius 2 is 2.20 bits per heavy atom. The number of H-pyrrole nitrogens is 1. The Kier molecular flexibility index (Phi) is 5.74. The first kappa shape index (κ1) is 17.5. The fourth-order valence-corrected chi connectivity index (χ4v) is 3.44. The zero-order valence-corrected chi connectivity index (χ0v) is 14.9. The van der Waals surface area contributed by atoms with Crippen LogP contribution >= 0.6 is 0 Å². The zero-order valence-electron chi connectivity index (χ0n) is 14.9. The molecule has 2 aromatic rings. The number of carbonyl (C=O) groups is 1.